The van der Waals surface area contributed by atoms with Gasteiger partial charge in [-0.05, 0) is 32.2 Å². The first-order chi connectivity index (χ1) is 11.4. The molecule has 0 radical (unpaired) electrons. The average Bonchev–Trinajstić information content (AvgIpc) is 3.07. The molecule has 2 atom stereocenters. The normalized spacial score (nSPS) is 26.5. The summed E-state index contributed by atoms with van der Waals surface area (Å²) < 4.78 is 37.8. The van der Waals surface area contributed by atoms with Crippen molar-refractivity contribution in [3.05, 3.63) is 18.2 Å². The lowest BCUT2D eigenvalue weighted by Crippen LogP contribution is -2.49. The molecule has 2 unspecified atom stereocenters. The molecular weight excluding hydrogens is 321 g/mol. The Labute approximate surface area is 139 Å². The number of halogens is 3. The smallest absolute Gasteiger partial charge is 0.348 e. The Morgan fingerprint density at radius 2 is 2.04 bits per heavy atom. The number of alkyl halides is 3. The van der Waals surface area contributed by atoms with Crippen LogP contribution in [0.25, 0.3) is 0 Å². The van der Waals surface area contributed by atoms with E-state index in [1.54, 1.807) is 12.4 Å². The van der Waals surface area contributed by atoms with Gasteiger partial charge in [-0.3, -0.25) is 9.69 Å². The number of imidazole rings is 1. The van der Waals surface area contributed by atoms with Gasteiger partial charge < -0.3 is 9.88 Å². The number of hydrogen-bond donors (Lipinski definition) is 1. The monoisotopic (exact) mass is 344 g/mol. The third-order valence-corrected chi connectivity index (χ3v) is 4.90. The van der Waals surface area contributed by atoms with Crippen molar-refractivity contribution in [2.45, 2.75) is 37.8 Å². The Hall–Kier alpha value is -1.57. The number of nitrogens with zero attached hydrogens (tertiary/aromatic N) is 3. The first kappa shape index (κ1) is 17.3. The van der Waals surface area contributed by atoms with Crippen molar-refractivity contribution in [2.24, 2.45) is 5.92 Å². The molecule has 8 heteroatoms. The minimum Gasteiger partial charge on any atom is -0.348 e. The van der Waals surface area contributed by atoms with Crippen LogP contribution < -0.4 is 0 Å². The SMILES string of the molecule is O=C(C1CCCN(CC(F)(F)F)C1)N1CCCC(c2ncc[nH]2)C1. The molecule has 0 spiro atoms. The third kappa shape index (κ3) is 4.28. The molecule has 3 heterocycles. The summed E-state index contributed by atoms with van der Waals surface area (Å²) in [6, 6.07) is 0. The van der Waals surface area contributed by atoms with Gasteiger partial charge >= 0.3 is 6.18 Å². The van der Waals surface area contributed by atoms with E-state index in [1.807, 2.05) is 4.90 Å². The first-order valence-corrected chi connectivity index (χ1v) is 8.49. The van der Waals surface area contributed by atoms with E-state index in [0.29, 0.717) is 32.5 Å². The van der Waals surface area contributed by atoms with Crippen LogP contribution in [0, 0.1) is 5.92 Å². The number of hydrogen-bond acceptors (Lipinski definition) is 3. The fourth-order valence-electron chi connectivity index (χ4n) is 3.81. The number of carbonyl (C=O) groups excluding carboxylic acids is 1. The molecule has 2 fully saturated rings. The van der Waals surface area contributed by atoms with Gasteiger partial charge in [0.25, 0.3) is 0 Å². The van der Waals surface area contributed by atoms with E-state index in [-0.39, 0.29) is 24.3 Å². The number of likely N-dealkylation sites (tertiary alicyclic amines) is 2. The zero-order chi connectivity index (χ0) is 17.2. The molecule has 2 aliphatic rings. The highest BCUT2D eigenvalue weighted by Crippen LogP contribution is 2.28. The molecule has 2 aliphatic heterocycles. The van der Waals surface area contributed by atoms with Gasteiger partial charge in [0, 0.05) is 37.9 Å². The first-order valence-electron chi connectivity index (χ1n) is 8.49. The summed E-state index contributed by atoms with van der Waals surface area (Å²) in [6.07, 6.45) is 2.45. The second-order valence-electron chi connectivity index (χ2n) is 6.79. The van der Waals surface area contributed by atoms with Crippen molar-refractivity contribution >= 4 is 5.91 Å². The molecule has 1 N–H and O–H groups in total. The quantitative estimate of drug-likeness (QED) is 0.916. The van der Waals surface area contributed by atoms with E-state index in [1.165, 1.54) is 4.90 Å². The summed E-state index contributed by atoms with van der Waals surface area (Å²) in [5.41, 5.74) is 0. The summed E-state index contributed by atoms with van der Waals surface area (Å²) in [5, 5.41) is 0. The van der Waals surface area contributed by atoms with E-state index in [4.69, 9.17) is 0 Å². The fraction of sp³-hybridized carbons (Fsp3) is 0.750. The minimum atomic E-state index is -4.21. The highest BCUT2D eigenvalue weighted by atomic mass is 19.4. The molecule has 0 saturated carbocycles. The molecule has 24 heavy (non-hydrogen) atoms. The van der Waals surface area contributed by atoms with E-state index >= 15 is 0 Å². The van der Waals surface area contributed by atoms with Crippen LogP contribution in [0.2, 0.25) is 0 Å². The lowest BCUT2D eigenvalue weighted by Gasteiger charge is -2.38. The van der Waals surface area contributed by atoms with Gasteiger partial charge in [0.15, 0.2) is 0 Å². The number of nitrogens with one attached hydrogen (secondary N) is 1. The van der Waals surface area contributed by atoms with Crippen molar-refractivity contribution in [1.29, 1.82) is 0 Å². The van der Waals surface area contributed by atoms with Crippen molar-refractivity contribution in [3.8, 4) is 0 Å². The Bertz CT molecular complexity index is 546. The number of carbonyl (C=O) groups is 1. The molecule has 0 aliphatic carbocycles. The average molecular weight is 344 g/mol. The Morgan fingerprint density at radius 1 is 1.25 bits per heavy atom. The highest BCUT2D eigenvalue weighted by Gasteiger charge is 2.36. The minimum absolute atomic E-state index is 0.00173. The molecule has 1 amide bonds. The molecule has 5 nitrogen and oxygen atoms in total. The van der Waals surface area contributed by atoms with E-state index in [0.717, 1.165) is 18.7 Å². The van der Waals surface area contributed by atoms with Gasteiger partial charge in [0.2, 0.25) is 5.91 Å². The highest BCUT2D eigenvalue weighted by molar-refractivity contribution is 5.79. The second kappa shape index (κ2) is 7.13. The van der Waals surface area contributed by atoms with Gasteiger partial charge in [0.05, 0.1) is 12.5 Å². The largest absolute Gasteiger partial charge is 0.401 e. The standard InChI is InChI=1S/C16H23F3N4O/c17-16(18,19)11-22-7-1-4-13(9-22)15(24)23-8-2-3-12(10-23)14-20-5-6-21-14/h5-6,12-13H,1-4,7-11H2,(H,20,21). The topological polar surface area (TPSA) is 52.2 Å². The predicted molar refractivity (Wildman–Crippen MR) is 82.4 cm³/mol. The van der Waals surface area contributed by atoms with Crippen LogP contribution >= 0.6 is 0 Å². The fourth-order valence-corrected chi connectivity index (χ4v) is 3.81. The molecule has 1 aromatic heterocycles. The third-order valence-electron chi connectivity index (χ3n) is 4.90. The zero-order valence-corrected chi connectivity index (χ0v) is 13.6. The van der Waals surface area contributed by atoms with Crippen molar-refractivity contribution in [1.82, 2.24) is 19.8 Å². The van der Waals surface area contributed by atoms with Gasteiger partial charge in [0.1, 0.15) is 5.82 Å². The van der Waals surface area contributed by atoms with Crippen LogP contribution in [-0.2, 0) is 4.79 Å². The lowest BCUT2D eigenvalue weighted by atomic mass is 9.92. The van der Waals surface area contributed by atoms with Gasteiger partial charge in [-0.25, -0.2) is 4.98 Å². The second-order valence-corrected chi connectivity index (χ2v) is 6.79. The van der Waals surface area contributed by atoms with E-state index in [9.17, 15) is 18.0 Å². The number of piperidine rings is 2. The predicted octanol–water partition coefficient (Wildman–Crippen LogP) is 2.39. The number of amides is 1. The molecule has 0 aromatic carbocycles. The van der Waals surface area contributed by atoms with Gasteiger partial charge in [-0.1, -0.05) is 0 Å². The molecule has 0 bridgehead atoms. The Balaban J connectivity index is 1.59. The van der Waals surface area contributed by atoms with Crippen LogP contribution in [0.4, 0.5) is 13.2 Å². The summed E-state index contributed by atoms with van der Waals surface area (Å²) >= 11 is 0. The van der Waals surface area contributed by atoms with Gasteiger partial charge in [-0.15, -0.1) is 0 Å². The van der Waals surface area contributed by atoms with Crippen LogP contribution in [0.3, 0.4) is 0 Å². The molecule has 3 rings (SSSR count). The number of H-pyrrole nitrogens is 1. The summed E-state index contributed by atoms with van der Waals surface area (Å²) in [6.45, 7) is 0.984. The molecule has 2 saturated heterocycles. The van der Waals surface area contributed by atoms with Crippen molar-refractivity contribution in [3.63, 3.8) is 0 Å². The maximum Gasteiger partial charge on any atom is 0.401 e. The van der Waals surface area contributed by atoms with Crippen molar-refractivity contribution < 1.29 is 18.0 Å². The zero-order valence-electron chi connectivity index (χ0n) is 13.6. The molecule has 134 valence electrons. The number of aromatic amines is 1. The summed E-state index contributed by atoms with van der Waals surface area (Å²) in [7, 11) is 0. The summed E-state index contributed by atoms with van der Waals surface area (Å²) in [4.78, 5) is 23.3. The van der Waals surface area contributed by atoms with Crippen LogP contribution in [-0.4, -0.2) is 64.6 Å². The summed E-state index contributed by atoms with van der Waals surface area (Å²) in [5.74, 6) is 0.747. The van der Waals surface area contributed by atoms with Crippen LogP contribution in [0.1, 0.15) is 37.4 Å². The maximum atomic E-state index is 12.8. The number of aromatic nitrogens is 2. The number of rotatable bonds is 3. The Kier molecular flexibility index (Phi) is 5.12. The maximum absolute atomic E-state index is 12.8. The van der Waals surface area contributed by atoms with Crippen LogP contribution in [0.15, 0.2) is 12.4 Å². The van der Waals surface area contributed by atoms with Crippen molar-refractivity contribution in [2.75, 3.05) is 32.7 Å². The Morgan fingerprint density at radius 3 is 2.75 bits per heavy atom. The van der Waals surface area contributed by atoms with Gasteiger partial charge in [-0.2, -0.15) is 13.2 Å². The lowest BCUT2D eigenvalue weighted by molar-refractivity contribution is -0.155. The van der Waals surface area contributed by atoms with E-state index < -0.39 is 12.7 Å². The molecule has 1 aromatic rings. The van der Waals surface area contributed by atoms with E-state index in [2.05, 4.69) is 9.97 Å². The van der Waals surface area contributed by atoms with Crippen LogP contribution in [0.5, 0.6) is 0 Å². The molecular formula is C16H23F3N4O.